The Bertz CT molecular complexity index is 1050. The van der Waals surface area contributed by atoms with Crippen molar-refractivity contribution in [1.82, 2.24) is 5.32 Å². The lowest BCUT2D eigenvalue weighted by Gasteiger charge is -2.28. The molecular formula is C26H24N2OS. The number of Topliss-reactive ketones (excluding diaryl/α,β-unsaturated/α-hetero) is 1. The molecule has 0 aliphatic heterocycles. The first-order valence-corrected chi connectivity index (χ1v) is 10.6. The molecule has 0 saturated heterocycles. The van der Waals surface area contributed by atoms with E-state index in [2.05, 4.69) is 34.9 Å². The standard InChI is InChI=1S/C26H24N2OS/c29-24-17-21(20-12-6-2-7-13-20)16-23(27-18-19-10-4-1-5-11-19)25(24)26(30)28-22-14-8-3-9-15-22/h1-15,21,27H,16-18H2,(H,28,30). The van der Waals surface area contributed by atoms with Gasteiger partial charge in [0.05, 0.1) is 5.57 Å². The molecule has 1 atom stereocenters. The second-order valence-electron chi connectivity index (χ2n) is 7.45. The van der Waals surface area contributed by atoms with Crippen LogP contribution in [0.3, 0.4) is 0 Å². The predicted octanol–water partition coefficient (Wildman–Crippen LogP) is 5.62. The van der Waals surface area contributed by atoms with Crippen LogP contribution < -0.4 is 10.6 Å². The summed E-state index contributed by atoms with van der Waals surface area (Å²) in [7, 11) is 0. The van der Waals surface area contributed by atoms with Gasteiger partial charge in [0.2, 0.25) is 0 Å². The average molecular weight is 413 g/mol. The van der Waals surface area contributed by atoms with Gasteiger partial charge < -0.3 is 10.6 Å². The molecule has 3 nitrogen and oxygen atoms in total. The number of rotatable bonds is 6. The van der Waals surface area contributed by atoms with Crippen molar-refractivity contribution in [3.63, 3.8) is 0 Å². The van der Waals surface area contributed by atoms with E-state index in [9.17, 15) is 4.79 Å². The molecule has 1 unspecified atom stereocenters. The largest absolute Gasteiger partial charge is 0.384 e. The minimum Gasteiger partial charge on any atom is -0.384 e. The number of ketones is 1. The van der Waals surface area contributed by atoms with E-state index in [0.29, 0.717) is 23.5 Å². The molecule has 3 aromatic rings. The fraction of sp³-hybridized carbons (Fsp3) is 0.154. The van der Waals surface area contributed by atoms with E-state index in [0.717, 1.165) is 17.8 Å². The van der Waals surface area contributed by atoms with Gasteiger partial charge in [-0.3, -0.25) is 4.79 Å². The van der Waals surface area contributed by atoms with Crippen LogP contribution >= 0.6 is 12.2 Å². The smallest absolute Gasteiger partial charge is 0.168 e. The van der Waals surface area contributed by atoms with Gasteiger partial charge in [-0.15, -0.1) is 0 Å². The summed E-state index contributed by atoms with van der Waals surface area (Å²) in [6.07, 6.45) is 1.22. The van der Waals surface area contributed by atoms with Crippen molar-refractivity contribution in [2.45, 2.75) is 25.3 Å². The summed E-state index contributed by atoms with van der Waals surface area (Å²) in [6, 6.07) is 30.2. The average Bonchev–Trinajstić information content (AvgIpc) is 2.79. The van der Waals surface area contributed by atoms with Crippen molar-refractivity contribution in [3.8, 4) is 0 Å². The van der Waals surface area contributed by atoms with Gasteiger partial charge in [-0.2, -0.15) is 0 Å². The van der Waals surface area contributed by atoms with Gasteiger partial charge in [-0.05, 0) is 35.6 Å². The number of hydrogen-bond acceptors (Lipinski definition) is 3. The van der Waals surface area contributed by atoms with Gasteiger partial charge >= 0.3 is 0 Å². The molecule has 150 valence electrons. The fourth-order valence-corrected chi connectivity index (χ4v) is 4.17. The number of anilines is 1. The molecule has 0 fully saturated rings. The Kier molecular flexibility index (Phi) is 6.35. The Morgan fingerprint density at radius 1 is 0.833 bits per heavy atom. The van der Waals surface area contributed by atoms with Crippen molar-refractivity contribution in [2.75, 3.05) is 5.32 Å². The first kappa shape index (κ1) is 20.0. The third-order valence-corrected chi connectivity index (χ3v) is 5.65. The number of carbonyl (C=O) groups excluding carboxylic acids is 1. The lowest BCUT2D eigenvalue weighted by atomic mass is 9.81. The molecule has 4 heteroatoms. The third-order valence-electron chi connectivity index (χ3n) is 5.34. The summed E-state index contributed by atoms with van der Waals surface area (Å²) < 4.78 is 0. The van der Waals surface area contributed by atoms with Crippen molar-refractivity contribution in [2.24, 2.45) is 0 Å². The Balaban J connectivity index is 1.62. The Labute approximate surface area is 182 Å². The van der Waals surface area contributed by atoms with Crippen LogP contribution in [0.5, 0.6) is 0 Å². The third kappa shape index (κ3) is 4.84. The Hall–Kier alpha value is -3.24. The zero-order valence-electron chi connectivity index (χ0n) is 16.7. The Morgan fingerprint density at radius 2 is 1.43 bits per heavy atom. The minimum absolute atomic E-state index is 0.0825. The van der Waals surface area contributed by atoms with Gasteiger partial charge in [0.15, 0.2) is 5.78 Å². The van der Waals surface area contributed by atoms with Crippen LogP contribution in [-0.2, 0) is 11.3 Å². The second kappa shape index (κ2) is 9.51. The lowest BCUT2D eigenvalue weighted by molar-refractivity contribution is -0.115. The van der Waals surface area contributed by atoms with E-state index in [-0.39, 0.29) is 11.7 Å². The van der Waals surface area contributed by atoms with Crippen LogP contribution in [0.15, 0.2) is 102 Å². The normalized spacial score (nSPS) is 16.3. The summed E-state index contributed by atoms with van der Waals surface area (Å²) in [5, 5.41) is 6.75. The predicted molar refractivity (Wildman–Crippen MR) is 126 cm³/mol. The molecule has 0 radical (unpaired) electrons. The number of thiocarbonyl (C=S) groups is 1. The van der Waals surface area contributed by atoms with Crippen LogP contribution in [0.1, 0.15) is 29.9 Å². The number of nitrogens with one attached hydrogen (secondary N) is 2. The van der Waals surface area contributed by atoms with Crippen LogP contribution in [0.25, 0.3) is 0 Å². The van der Waals surface area contributed by atoms with Crippen LogP contribution in [0.2, 0.25) is 0 Å². The maximum atomic E-state index is 13.2. The molecule has 3 aromatic carbocycles. The summed E-state index contributed by atoms with van der Waals surface area (Å²) in [5.41, 5.74) is 4.76. The lowest BCUT2D eigenvalue weighted by Crippen LogP contribution is -2.31. The van der Waals surface area contributed by atoms with Crippen molar-refractivity contribution in [3.05, 3.63) is 113 Å². The molecule has 1 aliphatic rings. The van der Waals surface area contributed by atoms with Crippen molar-refractivity contribution >= 4 is 28.7 Å². The van der Waals surface area contributed by atoms with Gasteiger partial charge in [0.25, 0.3) is 0 Å². The SMILES string of the molecule is O=C1CC(c2ccccc2)CC(NCc2ccccc2)=C1C(=S)Nc1ccccc1. The van der Waals surface area contributed by atoms with E-state index < -0.39 is 0 Å². The van der Waals surface area contributed by atoms with E-state index in [1.54, 1.807) is 0 Å². The van der Waals surface area contributed by atoms with Gasteiger partial charge in [0.1, 0.15) is 4.99 Å². The van der Waals surface area contributed by atoms with Crippen molar-refractivity contribution < 1.29 is 4.79 Å². The molecule has 0 saturated carbocycles. The van der Waals surface area contributed by atoms with Gasteiger partial charge in [-0.1, -0.05) is 91.1 Å². The highest BCUT2D eigenvalue weighted by molar-refractivity contribution is 7.81. The zero-order chi connectivity index (χ0) is 20.8. The fourth-order valence-electron chi connectivity index (χ4n) is 3.82. The molecule has 1 aliphatic carbocycles. The topological polar surface area (TPSA) is 41.1 Å². The molecule has 0 heterocycles. The highest BCUT2D eigenvalue weighted by Crippen LogP contribution is 2.34. The minimum atomic E-state index is 0.0825. The quantitative estimate of drug-likeness (QED) is 0.516. The molecule has 0 bridgehead atoms. The summed E-state index contributed by atoms with van der Waals surface area (Å²) >= 11 is 5.67. The highest BCUT2D eigenvalue weighted by Gasteiger charge is 2.30. The maximum Gasteiger partial charge on any atom is 0.168 e. The van der Waals surface area contributed by atoms with E-state index in [1.165, 1.54) is 11.1 Å². The molecular weight excluding hydrogens is 388 g/mol. The number of carbonyl (C=O) groups is 1. The maximum absolute atomic E-state index is 13.2. The molecule has 0 amide bonds. The van der Waals surface area contributed by atoms with Gasteiger partial charge in [0, 0.05) is 24.4 Å². The highest BCUT2D eigenvalue weighted by atomic mass is 32.1. The molecule has 0 aromatic heterocycles. The first-order valence-electron chi connectivity index (χ1n) is 10.2. The molecule has 2 N–H and O–H groups in total. The van der Waals surface area contributed by atoms with Crippen LogP contribution in [-0.4, -0.2) is 10.8 Å². The monoisotopic (exact) mass is 412 g/mol. The number of para-hydroxylation sites is 1. The number of benzene rings is 3. The van der Waals surface area contributed by atoms with Crippen LogP contribution in [0.4, 0.5) is 5.69 Å². The molecule has 0 spiro atoms. The van der Waals surface area contributed by atoms with E-state index in [1.807, 2.05) is 66.7 Å². The summed E-state index contributed by atoms with van der Waals surface area (Å²) in [6.45, 7) is 0.655. The Morgan fingerprint density at radius 3 is 2.10 bits per heavy atom. The first-order chi connectivity index (χ1) is 14.7. The van der Waals surface area contributed by atoms with E-state index >= 15 is 0 Å². The molecule has 4 rings (SSSR count). The number of allylic oxidation sites excluding steroid dienone is 1. The summed E-state index contributed by atoms with van der Waals surface area (Å²) in [4.78, 5) is 13.7. The van der Waals surface area contributed by atoms with Crippen LogP contribution in [0, 0.1) is 0 Å². The van der Waals surface area contributed by atoms with E-state index in [4.69, 9.17) is 12.2 Å². The molecule has 30 heavy (non-hydrogen) atoms. The number of hydrogen-bond donors (Lipinski definition) is 2. The zero-order valence-corrected chi connectivity index (χ0v) is 17.5. The summed E-state index contributed by atoms with van der Waals surface area (Å²) in [5.74, 6) is 0.236. The second-order valence-corrected chi connectivity index (χ2v) is 7.86. The van der Waals surface area contributed by atoms with Crippen molar-refractivity contribution in [1.29, 1.82) is 0 Å². The van der Waals surface area contributed by atoms with Gasteiger partial charge in [-0.25, -0.2) is 0 Å².